The Labute approximate surface area is 139 Å². The molecule has 0 spiro atoms. The van der Waals surface area contributed by atoms with Gasteiger partial charge in [0.25, 0.3) is 5.91 Å². The summed E-state index contributed by atoms with van der Waals surface area (Å²) in [6, 6.07) is 15.3. The minimum absolute atomic E-state index is 0.202. The van der Waals surface area contributed by atoms with Gasteiger partial charge in [-0.2, -0.15) is 10.5 Å². The highest BCUT2D eigenvalue weighted by atomic mass is 16.5. The molecule has 0 radical (unpaired) electrons. The number of benzene rings is 2. The molecule has 0 atom stereocenters. The number of hydrogen-bond acceptors (Lipinski definition) is 5. The Morgan fingerprint density at radius 3 is 2.29 bits per heavy atom. The molecule has 0 unspecified atom stereocenters. The summed E-state index contributed by atoms with van der Waals surface area (Å²) in [6.45, 7) is 2.04. The SMILES string of the molecule is CCOc1cc(C#N)ccc1OCC(=O)Nc1ccc(C#N)cc1. The number of rotatable bonds is 6. The second-order valence-corrected chi connectivity index (χ2v) is 4.73. The number of nitriles is 2. The number of nitrogens with zero attached hydrogens (tertiary/aromatic N) is 2. The van der Waals surface area contributed by atoms with Crippen LogP contribution in [0.4, 0.5) is 5.69 Å². The normalized spacial score (nSPS) is 9.46. The average Bonchev–Trinajstić information content (AvgIpc) is 2.61. The molecule has 2 aromatic carbocycles. The van der Waals surface area contributed by atoms with Crippen LogP contribution in [-0.4, -0.2) is 19.1 Å². The lowest BCUT2D eigenvalue weighted by atomic mass is 10.2. The third-order valence-electron chi connectivity index (χ3n) is 3.03. The molecule has 1 amide bonds. The van der Waals surface area contributed by atoms with Gasteiger partial charge >= 0.3 is 0 Å². The van der Waals surface area contributed by atoms with E-state index in [2.05, 4.69) is 5.32 Å². The number of ether oxygens (including phenoxy) is 2. The average molecular weight is 321 g/mol. The van der Waals surface area contributed by atoms with E-state index in [0.717, 1.165) is 0 Å². The minimum atomic E-state index is -0.341. The van der Waals surface area contributed by atoms with Gasteiger partial charge in [-0.3, -0.25) is 4.79 Å². The van der Waals surface area contributed by atoms with E-state index in [0.29, 0.717) is 34.9 Å². The van der Waals surface area contributed by atoms with Crippen LogP contribution in [0.1, 0.15) is 18.1 Å². The van der Waals surface area contributed by atoms with Gasteiger partial charge in [0.2, 0.25) is 0 Å². The number of nitrogens with one attached hydrogen (secondary N) is 1. The van der Waals surface area contributed by atoms with Crippen LogP contribution < -0.4 is 14.8 Å². The smallest absolute Gasteiger partial charge is 0.262 e. The van der Waals surface area contributed by atoms with Crippen LogP contribution in [0.25, 0.3) is 0 Å². The first kappa shape index (κ1) is 16.9. The van der Waals surface area contributed by atoms with E-state index in [1.807, 2.05) is 19.1 Å². The van der Waals surface area contributed by atoms with Gasteiger partial charge < -0.3 is 14.8 Å². The van der Waals surface area contributed by atoms with Crippen molar-refractivity contribution in [3.8, 4) is 23.6 Å². The van der Waals surface area contributed by atoms with Gasteiger partial charge in [0.15, 0.2) is 18.1 Å². The fourth-order valence-electron chi connectivity index (χ4n) is 1.93. The van der Waals surface area contributed by atoms with Crippen LogP contribution in [0.5, 0.6) is 11.5 Å². The maximum absolute atomic E-state index is 11.9. The summed E-state index contributed by atoms with van der Waals surface area (Å²) in [7, 11) is 0. The highest BCUT2D eigenvalue weighted by Gasteiger charge is 2.09. The topological polar surface area (TPSA) is 95.1 Å². The van der Waals surface area contributed by atoms with Crippen molar-refractivity contribution in [2.24, 2.45) is 0 Å². The Morgan fingerprint density at radius 2 is 1.67 bits per heavy atom. The standard InChI is InChI=1S/C18H15N3O3/c1-2-23-17-9-14(11-20)5-8-16(17)24-12-18(22)21-15-6-3-13(10-19)4-7-15/h3-9H,2,12H2,1H3,(H,21,22). The first-order chi connectivity index (χ1) is 11.7. The molecule has 0 aromatic heterocycles. The minimum Gasteiger partial charge on any atom is -0.490 e. The third-order valence-corrected chi connectivity index (χ3v) is 3.03. The highest BCUT2D eigenvalue weighted by molar-refractivity contribution is 5.91. The zero-order valence-corrected chi connectivity index (χ0v) is 13.1. The molecule has 0 heterocycles. The van der Waals surface area contributed by atoms with Crippen LogP contribution in [-0.2, 0) is 4.79 Å². The van der Waals surface area contributed by atoms with E-state index in [-0.39, 0.29) is 12.5 Å². The molecular weight excluding hydrogens is 306 g/mol. The van der Waals surface area contributed by atoms with E-state index in [4.69, 9.17) is 20.0 Å². The molecule has 0 aliphatic heterocycles. The summed E-state index contributed by atoms with van der Waals surface area (Å²) in [4.78, 5) is 11.9. The first-order valence-electron chi connectivity index (χ1n) is 7.26. The maximum atomic E-state index is 11.9. The molecule has 0 bridgehead atoms. The van der Waals surface area contributed by atoms with Gasteiger partial charge in [-0.05, 0) is 43.3 Å². The molecule has 6 nitrogen and oxygen atoms in total. The summed E-state index contributed by atoms with van der Waals surface area (Å²) < 4.78 is 10.9. The Bertz CT molecular complexity index is 802. The van der Waals surface area contributed by atoms with Gasteiger partial charge in [0, 0.05) is 11.8 Å². The van der Waals surface area contributed by atoms with Gasteiger partial charge in [-0.1, -0.05) is 0 Å². The van der Waals surface area contributed by atoms with Gasteiger partial charge in [-0.15, -0.1) is 0 Å². The van der Waals surface area contributed by atoms with Crippen molar-refractivity contribution in [3.63, 3.8) is 0 Å². The quantitative estimate of drug-likeness (QED) is 0.882. The summed E-state index contributed by atoms with van der Waals surface area (Å²) in [6.07, 6.45) is 0. The molecular formula is C18H15N3O3. The van der Waals surface area contributed by atoms with E-state index in [1.54, 1.807) is 42.5 Å². The summed E-state index contributed by atoms with van der Waals surface area (Å²) in [5.74, 6) is 0.472. The van der Waals surface area contributed by atoms with E-state index >= 15 is 0 Å². The van der Waals surface area contributed by atoms with E-state index < -0.39 is 0 Å². The van der Waals surface area contributed by atoms with Crippen LogP contribution in [0, 0.1) is 22.7 Å². The van der Waals surface area contributed by atoms with Crippen molar-refractivity contribution in [1.82, 2.24) is 0 Å². The van der Waals surface area contributed by atoms with Crippen LogP contribution in [0.2, 0.25) is 0 Å². The fraction of sp³-hybridized carbons (Fsp3) is 0.167. The lowest BCUT2D eigenvalue weighted by molar-refractivity contribution is -0.118. The third kappa shape index (κ3) is 4.49. The summed E-state index contributed by atoms with van der Waals surface area (Å²) in [5.41, 5.74) is 1.54. The molecule has 0 aliphatic rings. The lowest BCUT2D eigenvalue weighted by Crippen LogP contribution is -2.20. The van der Waals surface area contributed by atoms with Gasteiger partial charge in [0.1, 0.15) is 0 Å². The highest BCUT2D eigenvalue weighted by Crippen LogP contribution is 2.28. The Hall–Kier alpha value is -3.51. The Kier molecular flexibility index (Phi) is 5.76. The molecule has 24 heavy (non-hydrogen) atoms. The molecule has 120 valence electrons. The van der Waals surface area contributed by atoms with E-state index in [9.17, 15) is 4.79 Å². The zero-order valence-electron chi connectivity index (χ0n) is 13.1. The molecule has 0 aliphatic carbocycles. The zero-order chi connectivity index (χ0) is 17.4. The second-order valence-electron chi connectivity index (χ2n) is 4.73. The molecule has 2 aromatic rings. The van der Waals surface area contributed by atoms with Gasteiger partial charge in [0.05, 0.1) is 29.9 Å². The van der Waals surface area contributed by atoms with Crippen molar-refractivity contribution in [2.75, 3.05) is 18.5 Å². The molecule has 0 saturated heterocycles. The molecule has 0 saturated carbocycles. The number of hydrogen-bond donors (Lipinski definition) is 1. The van der Waals surface area contributed by atoms with Crippen LogP contribution in [0.15, 0.2) is 42.5 Å². The summed E-state index contributed by atoms with van der Waals surface area (Å²) >= 11 is 0. The largest absolute Gasteiger partial charge is 0.490 e. The van der Waals surface area contributed by atoms with Crippen molar-refractivity contribution in [3.05, 3.63) is 53.6 Å². The Morgan fingerprint density at radius 1 is 1.00 bits per heavy atom. The van der Waals surface area contributed by atoms with Crippen LogP contribution in [0.3, 0.4) is 0 Å². The fourth-order valence-corrected chi connectivity index (χ4v) is 1.93. The molecule has 2 rings (SSSR count). The molecule has 0 fully saturated rings. The predicted molar refractivity (Wildman–Crippen MR) is 87.6 cm³/mol. The summed E-state index contributed by atoms with van der Waals surface area (Å²) in [5, 5.41) is 20.3. The van der Waals surface area contributed by atoms with Crippen LogP contribution >= 0.6 is 0 Å². The predicted octanol–water partition coefficient (Wildman–Crippen LogP) is 2.85. The number of carbonyl (C=O) groups excluding carboxylic acids is 1. The first-order valence-corrected chi connectivity index (χ1v) is 7.26. The number of amides is 1. The lowest BCUT2D eigenvalue weighted by Gasteiger charge is -2.12. The second kappa shape index (κ2) is 8.21. The van der Waals surface area contributed by atoms with E-state index in [1.165, 1.54) is 0 Å². The van der Waals surface area contributed by atoms with Crippen molar-refractivity contribution in [1.29, 1.82) is 10.5 Å². The Balaban J connectivity index is 1.98. The number of carbonyl (C=O) groups is 1. The molecule has 1 N–H and O–H groups in total. The maximum Gasteiger partial charge on any atom is 0.262 e. The van der Waals surface area contributed by atoms with Crippen molar-refractivity contribution in [2.45, 2.75) is 6.92 Å². The van der Waals surface area contributed by atoms with Crippen molar-refractivity contribution >= 4 is 11.6 Å². The number of anilines is 1. The monoisotopic (exact) mass is 321 g/mol. The molecule has 6 heteroatoms. The van der Waals surface area contributed by atoms with Crippen molar-refractivity contribution < 1.29 is 14.3 Å². The van der Waals surface area contributed by atoms with Gasteiger partial charge in [-0.25, -0.2) is 0 Å².